The molecule has 0 aliphatic carbocycles. The van der Waals surface area contributed by atoms with Crippen LogP contribution in [0.3, 0.4) is 0 Å². The Morgan fingerprint density at radius 3 is 2.47 bits per heavy atom. The average molecular weight is 237 g/mol. The molecule has 3 aliphatic heterocycles. The fourth-order valence-corrected chi connectivity index (χ4v) is 3.93. The zero-order chi connectivity index (χ0) is 12.0. The molecule has 0 radical (unpaired) electrons. The number of likely N-dealkylation sites (N-methyl/N-ethyl adjacent to an activating group) is 1. The summed E-state index contributed by atoms with van der Waals surface area (Å²) in [6, 6.07) is 1.60. The molecule has 3 rings (SSSR count). The van der Waals surface area contributed by atoms with Crippen LogP contribution in [0.15, 0.2) is 0 Å². The molecule has 1 unspecified atom stereocenters. The molecule has 17 heavy (non-hydrogen) atoms. The quantitative estimate of drug-likeness (QED) is 0.712. The third kappa shape index (κ3) is 2.13. The molecule has 3 heteroatoms. The van der Waals surface area contributed by atoms with Gasteiger partial charge in [-0.15, -0.1) is 0 Å². The van der Waals surface area contributed by atoms with Gasteiger partial charge in [0.1, 0.15) is 0 Å². The van der Waals surface area contributed by atoms with E-state index in [-0.39, 0.29) is 0 Å². The highest BCUT2D eigenvalue weighted by atomic mass is 15.3. The van der Waals surface area contributed by atoms with Crippen molar-refractivity contribution in [3.05, 3.63) is 0 Å². The van der Waals surface area contributed by atoms with Gasteiger partial charge in [0.2, 0.25) is 0 Å². The summed E-state index contributed by atoms with van der Waals surface area (Å²) in [4.78, 5) is 7.89. The van der Waals surface area contributed by atoms with Gasteiger partial charge < -0.3 is 4.90 Å². The molecule has 3 fully saturated rings. The smallest absolute Gasteiger partial charge is 0.0235 e. The molecular formula is C14H27N3. The van der Waals surface area contributed by atoms with Gasteiger partial charge in [-0.1, -0.05) is 0 Å². The largest absolute Gasteiger partial charge is 0.305 e. The second kappa shape index (κ2) is 4.22. The summed E-state index contributed by atoms with van der Waals surface area (Å²) < 4.78 is 0. The normalized spacial score (nSPS) is 34.9. The minimum Gasteiger partial charge on any atom is -0.305 e. The first-order chi connectivity index (χ1) is 8.08. The number of nitrogens with zero attached hydrogens (tertiary/aromatic N) is 3. The number of hydrogen-bond acceptors (Lipinski definition) is 3. The molecular weight excluding hydrogens is 210 g/mol. The van der Waals surface area contributed by atoms with Crippen molar-refractivity contribution < 1.29 is 0 Å². The predicted octanol–water partition coefficient (Wildman–Crippen LogP) is 1.11. The Kier molecular flexibility index (Phi) is 2.96. The highest BCUT2D eigenvalue weighted by molar-refractivity contribution is 5.03. The lowest BCUT2D eigenvalue weighted by atomic mass is 9.78. The van der Waals surface area contributed by atoms with E-state index < -0.39 is 0 Å². The van der Waals surface area contributed by atoms with Gasteiger partial charge >= 0.3 is 0 Å². The van der Waals surface area contributed by atoms with Crippen LogP contribution >= 0.6 is 0 Å². The van der Waals surface area contributed by atoms with Crippen molar-refractivity contribution in [2.24, 2.45) is 5.41 Å². The van der Waals surface area contributed by atoms with Crippen molar-refractivity contribution in [3.63, 3.8) is 0 Å². The minimum absolute atomic E-state index is 0.672. The lowest BCUT2D eigenvalue weighted by molar-refractivity contribution is -0.0164. The Labute approximate surface area is 106 Å². The monoisotopic (exact) mass is 237 g/mol. The second-order valence-corrected chi connectivity index (χ2v) is 6.92. The Bertz CT molecular complexity index is 283. The molecule has 98 valence electrons. The summed E-state index contributed by atoms with van der Waals surface area (Å²) in [5.41, 5.74) is 0.672. The van der Waals surface area contributed by atoms with E-state index in [2.05, 4.69) is 35.6 Å². The standard InChI is InChI=1S/C14H27N3/c1-12(2)17-10-14(11-17)5-7-16(9-14)13-4-6-15(3)8-13/h12-13H,4-11H2,1-3H3. The van der Waals surface area contributed by atoms with Crippen molar-refractivity contribution in [1.82, 2.24) is 14.7 Å². The predicted molar refractivity (Wildman–Crippen MR) is 71.2 cm³/mol. The second-order valence-electron chi connectivity index (χ2n) is 6.92. The summed E-state index contributed by atoms with van der Waals surface area (Å²) in [5, 5.41) is 0. The Hall–Kier alpha value is -0.120. The van der Waals surface area contributed by atoms with Crippen LogP contribution in [0.1, 0.15) is 26.7 Å². The zero-order valence-electron chi connectivity index (χ0n) is 11.7. The van der Waals surface area contributed by atoms with Crippen LogP contribution in [0.4, 0.5) is 0 Å². The van der Waals surface area contributed by atoms with Crippen LogP contribution in [-0.4, -0.2) is 73.1 Å². The lowest BCUT2D eigenvalue weighted by Crippen LogP contribution is -2.60. The van der Waals surface area contributed by atoms with Crippen LogP contribution in [0.2, 0.25) is 0 Å². The van der Waals surface area contributed by atoms with Gasteiger partial charge in [-0.25, -0.2) is 0 Å². The van der Waals surface area contributed by atoms with Gasteiger partial charge in [-0.2, -0.15) is 0 Å². The fraction of sp³-hybridized carbons (Fsp3) is 1.00. The molecule has 0 aromatic heterocycles. The maximum absolute atomic E-state index is 2.78. The number of hydrogen-bond donors (Lipinski definition) is 0. The minimum atomic E-state index is 0.672. The number of rotatable bonds is 2. The molecule has 0 amide bonds. The summed E-state index contributed by atoms with van der Waals surface area (Å²) in [5.74, 6) is 0. The van der Waals surface area contributed by atoms with E-state index in [9.17, 15) is 0 Å². The van der Waals surface area contributed by atoms with E-state index in [1.165, 1.54) is 52.1 Å². The van der Waals surface area contributed by atoms with Crippen molar-refractivity contribution in [2.75, 3.05) is 46.3 Å². The fourth-order valence-electron chi connectivity index (χ4n) is 3.93. The van der Waals surface area contributed by atoms with Crippen molar-refractivity contribution >= 4 is 0 Å². The molecule has 3 heterocycles. The van der Waals surface area contributed by atoms with Crippen LogP contribution in [-0.2, 0) is 0 Å². The average Bonchev–Trinajstić information content (AvgIpc) is 2.80. The van der Waals surface area contributed by atoms with Crippen LogP contribution in [0.25, 0.3) is 0 Å². The molecule has 0 N–H and O–H groups in total. The van der Waals surface area contributed by atoms with Crippen LogP contribution in [0.5, 0.6) is 0 Å². The van der Waals surface area contributed by atoms with Gasteiger partial charge in [0.15, 0.2) is 0 Å². The van der Waals surface area contributed by atoms with E-state index in [1.807, 2.05) is 0 Å². The number of likely N-dealkylation sites (tertiary alicyclic amines) is 3. The Balaban J connectivity index is 1.53. The molecule has 0 aromatic carbocycles. The Morgan fingerprint density at radius 2 is 1.88 bits per heavy atom. The van der Waals surface area contributed by atoms with Gasteiger partial charge in [-0.3, -0.25) is 9.80 Å². The SMILES string of the molecule is CC(C)N1CC2(CCN(C3CCN(C)C3)C2)C1. The molecule has 0 bridgehead atoms. The van der Waals surface area contributed by atoms with Gasteiger partial charge in [0.25, 0.3) is 0 Å². The molecule has 0 aromatic rings. The van der Waals surface area contributed by atoms with E-state index in [1.54, 1.807) is 0 Å². The van der Waals surface area contributed by atoms with E-state index in [4.69, 9.17) is 0 Å². The van der Waals surface area contributed by atoms with Crippen molar-refractivity contribution in [3.8, 4) is 0 Å². The van der Waals surface area contributed by atoms with E-state index in [0.29, 0.717) is 5.41 Å². The maximum atomic E-state index is 2.78. The topological polar surface area (TPSA) is 9.72 Å². The summed E-state index contributed by atoms with van der Waals surface area (Å²) >= 11 is 0. The third-order valence-electron chi connectivity index (χ3n) is 5.16. The molecule has 3 nitrogen and oxygen atoms in total. The first-order valence-corrected chi connectivity index (χ1v) is 7.25. The molecule has 1 spiro atoms. The Morgan fingerprint density at radius 1 is 1.12 bits per heavy atom. The van der Waals surface area contributed by atoms with Gasteiger partial charge in [0, 0.05) is 43.7 Å². The first-order valence-electron chi connectivity index (χ1n) is 7.25. The highest BCUT2D eigenvalue weighted by Crippen LogP contribution is 2.41. The van der Waals surface area contributed by atoms with E-state index in [0.717, 1.165) is 12.1 Å². The lowest BCUT2D eigenvalue weighted by Gasteiger charge is -2.50. The third-order valence-corrected chi connectivity index (χ3v) is 5.16. The summed E-state index contributed by atoms with van der Waals surface area (Å²) in [6.45, 7) is 12.7. The highest BCUT2D eigenvalue weighted by Gasteiger charge is 2.49. The van der Waals surface area contributed by atoms with Gasteiger partial charge in [0.05, 0.1) is 0 Å². The molecule has 1 atom stereocenters. The molecule has 3 saturated heterocycles. The van der Waals surface area contributed by atoms with Crippen LogP contribution < -0.4 is 0 Å². The van der Waals surface area contributed by atoms with Crippen molar-refractivity contribution in [2.45, 2.75) is 38.8 Å². The summed E-state index contributed by atoms with van der Waals surface area (Å²) in [6.07, 6.45) is 2.83. The van der Waals surface area contributed by atoms with Crippen LogP contribution in [0, 0.1) is 5.41 Å². The zero-order valence-corrected chi connectivity index (χ0v) is 11.7. The molecule has 3 aliphatic rings. The summed E-state index contributed by atoms with van der Waals surface area (Å²) in [7, 11) is 2.26. The van der Waals surface area contributed by atoms with E-state index >= 15 is 0 Å². The van der Waals surface area contributed by atoms with Gasteiger partial charge in [-0.05, 0) is 46.8 Å². The molecule has 0 saturated carbocycles. The van der Waals surface area contributed by atoms with Crippen molar-refractivity contribution in [1.29, 1.82) is 0 Å². The maximum Gasteiger partial charge on any atom is 0.0235 e. The first kappa shape index (κ1) is 11.9.